The second kappa shape index (κ2) is 8.20. The lowest BCUT2D eigenvalue weighted by atomic mass is 10.0. The molecule has 0 bridgehead atoms. The van der Waals surface area contributed by atoms with Crippen LogP contribution in [0.2, 0.25) is 0 Å². The number of likely N-dealkylation sites (tertiary alicyclic amines) is 1. The second-order valence-electron chi connectivity index (χ2n) is 7.20. The Labute approximate surface area is 164 Å². The van der Waals surface area contributed by atoms with Gasteiger partial charge in [-0.15, -0.1) is 0 Å². The molecule has 2 saturated heterocycles. The number of hydrogen-bond acceptors (Lipinski definition) is 7. The van der Waals surface area contributed by atoms with Gasteiger partial charge < -0.3 is 19.3 Å². The number of carbonyl (C=O) groups is 1. The van der Waals surface area contributed by atoms with Gasteiger partial charge in [0, 0.05) is 64.3 Å². The van der Waals surface area contributed by atoms with E-state index in [2.05, 4.69) is 15.0 Å². The number of amides is 1. The van der Waals surface area contributed by atoms with E-state index >= 15 is 0 Å². The number of likely N-dealkylation sites (N-methyl/N-ethyl adjacent to an activating group) is 1. The van der Waals surface area contributed by atoms with E-state index < -0.39 is 5.79 Å². The van der Waals surface area contributed by atoms with E-state index in [1.807, 2.05) is 29.0 Å². The standard InChI is InChI=1S/C20H25N5O3/c1-24(9-4-16-2-7-21-8-3-16)19-22-14-17(15-23-19)18(26)25-10-5-20(6-11-25)27-12-13-28-20/h2-3,7-8,14-15H,4-6,9-13H2,1H3. The minimum atomic E-state index is -0.478. The fourth-order valence-corrected chi connectivity index (χ4v) is 3.59. The fraction of sp³-hybridized carbons (Fsp3) is 0.500. The number of anilines is 1. The van der Waals surface area contributed by atoms with Gasteiger partial charge in [0.1, 0.15) is 0 Å². The molecule has 4 heterocycles. The Morgan fingerprint density at radius 2 is 1.79 bits per heavy atom. The molecule has 1 amide bonds. The number of pyridine rings is 1. The van der Waals surface area contributed by atoms with E-state index in [1.165, 1.54) is 5.56 Å². The topological polar surface area (TPSA) is 80.7 Å². The van der Waals surface area contributed by atoms with Crippen LogP contribution in [0.1, 0.15) is 28.8 Å². The zero-order chi connectivity index (χ0) is 19.4. The molecular weight excluding hydrogens is 358 g/mol. The second-order valence-corrected chi connectivity index (χ2v) is 7.20. The van der Waals surface area contributed by atoms with Crippen molar-refractivity contribution in [1.82, 2.24) is 19.9 Å². The van der Waals surface area contributed by atoms with E-state index in [0.29, 0.717) is 50.7 Å². The van der Waals surface area contributed by atoms with Crippen LogP contribution in [0.25, 0.3) is 0 Å². The van der Waals surface area contributed by atoms with Gasteiger partial charge in [0.25, 0.3) is 5.91 Å². The van der Waals surface area contributed by atoms with Crippen molar-refractivity contribution in [3.05, 3.63) is 48.0 Å². The van der Waals surface area contributed by atoms with Crippen LogP contribution in [0.3, 0.4) is 0 Å². The van der Waals surface area contributed by atoms with E-state index in [1.54, 1.807) is 24.8 Å². The first kappa shape index (κ1) is 18.8. The van der Waals surface area contributed by atoms with Crippen molar-refractivity contribution in [2.45, 2.75) is 25.0 Å². The van der Waals surface area contributed by atoms with E-state index in [4.69, 9.17) is 9.47 Å². The Kier molecular flexibility index (Phi) is 5.50. The Hall–Kier alpha value is -2.58. The molecule has 8 heteroatoms. The first-order valence-electron chi connectivity index (χ1n) is 9.64. The molecule has 1 spiro atoms. The molecule has 2 fully saturated rings. The summed E-state index contributed by atoms with van der Waals surface area (Å²) in [6, 6.07) is 4.00. The maximum Gasteiger partial charge on any atom is 0.256 e. The quantitative estimate of drug-likeness (QED) is 0.774. The van der Waals surface area contributed by atoms with Crippen molar-refractivity contribution in [3.8, 4) is 0 Å². The lowest BCUT2D eigenvalue weighted by Crippen LogP contribution is -2.47. The van der Waals surface area contributed by atoms with Gasteiger partial charge in [-0.3, -0.25) is 9.78 Å². The Morgan fingerprint density at radius 1 is 1.14 bits per heavy atom. The maximum absolute atomic E-state index is 12.7. The SMILES string of the molecule is CN(CCc1ccncc1)c1ncc(C(=O)N2CCC3(CC2)OCCO3)cn1. The zero-order valence-corrected chi connectivity index (χ0v) is 16.1. The van der Waals surface area contributed by atoms with Crippen LogP contribution in [0.4, 0.5) is 5.95 Å². The fourth-order valence-electron chi connectivity index (χ4n) is 3.59. The largest absolute Gasteiger partial charge is 0.347 e. The van der Waals surface area contributed by atoms with Gasteiger partial charge in [-0.1, -0.05) is 0 Å². The van der Waals surface area contributed by atoms with E-state index in [0.717, 1.165) is 13.0 Å². The average Bonchev–Trinajstić information content (AvgIpc) is 3.21. The van der Waals surface area contributed by atoms with Crippen molar-refractivity contribution < 1.29 is 14.3 Å². The predicted molar refractivity (Wildman–Crippen MR) is 103 cm³/mol. The molecule has 28 heavy (non-hydrogen) atoms. The summed E-state index contributed by atoms with van der Waals surface area (Å²) in [4.78, 5) is 29.3. The Balaban J connectivity index is 1.31. The van der Waals surface area contributed by atoms with Crippen LogP contribution in [-0.4, -0.2) is 71.4 Å². The third-order valence-electron chi connectivity index (χ3n) is 5.34. The summed E-state index contributed by atoms with van der Waals surface area (Å²) in [5.74, 6) is 0.0871. The summed E-state index contributed by atoms with van der Waals surface area (Å²) < 4.78 is 11.4. The van der Waals surface area contributed by atoms with E-state index in [-0.39, 0.29) is 5.91 Å². The van der Waals surface area contributed by atoms with Gasteiger partial charge >= 0.3 is 0 Å². The molecule has 0 aliphatic carbocycles. The average molecular weight is 383 g/mol. The van der Waals surface area contributed by atoms with Crippen molar-refractivity contribution in [2.75, 3.05) is 44.8 Å². The van der Waals surface area contributed by atoms with E-state index in [9.17, 15) is 4.79 Å². The molecule has 2 aromatic heterocycles. The highest BCUT2D eigenvalue weighted by atomic mass is 16.7. The van der Waals surface area contributed by atoms with Gasteiger partial charge in [0.2, 0.25) is 5.95 Å². The Bertz CT molecular complexity index is 783. The van der Waals surface area contributed by atoms with Crippen LogP contribution in [0.15, 0.2) is 36.9 Å². The van der Waals surface area contributed by atoms with Gasteiger partial charge in [-0.25, -0.2) is 9.97 Å². The number of rotatable bonds is 5. The third-order valence-corrected chi connectivity index (χ3v) is 5.34. The summed E-state index contributed by atoms with van der Waals surface area (Å²) in [6.07, 6.45) is 9.09. The van der Waals surface area contributed by atoms with Crippen LogP contribution < -0.4 is 4.90 Å². The molecule has 0 unspecified atom stereocenters. The molecule has 148 valence electrons. The summed E-state index contributed by atoms with van der Waals surface area (Å²) in [7, 11) is 1.95. The number of carbonyl (C=O) groups excluding carboxylic acids is 1. The molecule has 0 N–H and O–H groups in total. The molecule has 0 saturated carbocycles. The Morgan fingerprint density at radius 3 is 2.43 bits per heavy atom. The first-order valence-corrected chi connectivity index (χ1v) is 9.64. The van der Waals surface area contributed by atoms with Crippen LogP contribution >= 0.6 is 0 Å². The highest BCUT2D eigenvalue weighted by Gasteiger charge is 2.40. The summed E-state index contributed by atoms with van der Waals surface area (Å²) >= 11 is 0. The molecule has 2 aromatic rings. The van der Waals surface area contributed by atoms with Crippen molar-refractivity contribution >= 4 is 11.9 Å². The van der Waals surface area contributed by atoms with Crippen LogP contribution in [0, 0.1) is 0 Å². The monoisotopic (exact) mass is 383 g/mol. The lowest BCUT2D eigenvalue weighted by Gasteiger charge is -2.37. The summed E-state index contributed by atoms with van der Waals surface area (Å²) in [5, 5.41) is 0. The third kappa shape index (κ3) is 4.13. The number of aromatic nitrogens is 3. The van der Waals surface area contributed by atoms with Crippen LogP contribution in [0.5, 0.6) is 0 Å². The maximum atomic E-state index is 12.7. The van der Waals surface area contributed by atoms with Gasteiger partial charge in [0.05, 0.1) is 18.8 Å². The molecule has 0 aromatic carbocycles. The first-order chi connectivity index (χ1) is 13.7. The van der Waals surface area contributed by atoms with Crippen molar-refractivity contribution in [3.63, 3.8) is 0 Å². The summed E-state index contributed by atoms with van der Waals surface area (Å²) in [5.41, 5.74) is 1.72. The molecule has 2 aliphatic rings. The molecule has 8 nitrogen and oxygen atoms in total. The normalized spacial score (nSPS) is 18.4. The lowest BCUT2D eigenvalue weighted by molar-refractivity contribution is -0.181. The van der Waals surface area contributed by atoms with Gasteiger partial charge in [0.15, 0.2) is 5.79 Å². The van der Waals surface area contributed by atoms with Crippen LogP contribution in [-0.2, 0) is 15.9 Å². The number of ether oxygens (including phenoxy) is 2. The molecule has 2 aliphatic heterocycles. The molecule has 4 rings (SSSR count). The summed E-state index contributed by atoms with van der Waals surface area (Å²) in [6.45, 7) is 3.29. The predicted octanol–water partition coefficient (Wildman–Crippen LogP) is 1.53. The highest BCUT2D eigenvalue weighted by Crippen LogP contribution is 2.31. The molecular formula is C20H25N5O3. The number of nitrogens with zero attached hydrogens (tertiary/aromatic N) is 5. The zero-order valence-electron chi connectivity index (χ0n) is 16.1. The minimum Gasteiger partial charge on any atom is -0.347 e. The van der Waals surface area contributed by atoms with Gasteiger partial charge in [-0.2, -0.15) is 0 Å². The minimum absolute atomic E-state index is 0.0427. The smallest absolute Gasteiger partial charge is 0.256 e. The van der Waals surface area contributed by atoms with Crippen molar-refractivity contribution in [1.29, 1.82) is 0 Å². The molecule has 0 radical (unpaired) electrons. The number of piperidine rings is 1. The highest BCUT2D eigenvalue weighted by molar-refractivity contribution is 5.93. The van der Waals surface area contributed by atoms with Crippen molar-refractivity contribution in [2.24, 2.45) is 0 Å². The molecule has 0 atom stereocenters. The van der Waals surface area contributed by atoms with Gasteiger partial charge in [-0.05, 0) is 24.1 Å². The number of hydrogen-bond donors (Lipinski definition) is 0.